The predicted molar refractivity (Wildman–Crippen MR) is 76.8 cm³/mol. The lowest BCUT2D eigenvalue weighted by Gasteiger charge is -2.34. The van der Waals surface area contributed by atoms with Crippen LogP contribution in [-0.4, -0.2) is 40.6 Å². The Morgan fingerprint density at radius 1 is 1.22 bits per heavy atom. The molecule has 2 atom stereocenters. The molecule has 23 heavy (non-hydrogen) atoms. The lowest BCUT2D eigenvalue weighted by atomic mass is 9.93. The van der Waals surface area contributed by atoms with Crippen molar-refractivity contribution in [2.24, 2.45) is 0 Å². The van der Waals surface area contributed by atoms with Gasteiger partial charge >= 0.3 is 12.1 Å². The van der Waals surface area contributed by atoms with Gasteiger partial charge in [-0.1, -0.05) is 30.3 Å². The Hall–Kier alpha value is -2.05. The van der Waals surface area contributed by atoms with E-state index in [-0.39, 0.29) is 18.5 Å². The van der Waals surface area contributed by atoms with Gasteiger partial charge in [-0.25, -0.2) is 4.79 Å². The number of likely N-dealkylation sites (tertiary alicyclic amines) is 1. The zero-order valence-corrected chi connectivity index (χ0v) is 12.4. The molecule has 1 heterocycles. The van der Waals surface area contributed by atoms with Crippen LogP contribution in [0.5, 0.6) is 0 Å². The summed E-state index contributed by atoms with van der Waals surface area (Å²) in [6, 6.07) is 6.20. The number of piperidine rings is 1. The molecule has 0 saturated carbocycles. The van der Waals surface area contributed by atoms with Crippen LogP contribution in [-0.2, 0) is 9.59 Å². The lowest BCUT2D eigenvalue weighted by Crippen LogP contribution is -2.48. The maximum Gasteiger partial charge on any atom is 0.396 e. The van der Waals surface area contributed by atoms with Gasteiger partial charge in [-0.2, -0.15) is 13.2 Å². The number of benzene rings is 1. The average Bonchev–Trinajstić information content (AvgIpc) is 2.52. The number of carboxylic acids is 1. The van der Waals surface area contributed by atoms with Crippen LogP contribution < -0.4 is 0 Å². The van der Waals surface area contributed by atoms with Gasteiger partial charge in [0.2, 0.25) is 5.91 Å². The third-order valence-corrected chi connectivity index (χ3v) is 4.08. The summed E-state index contributed by atoms with van der Waals surface area (Å²) in [6.07, 6.45) is -3.79. The molecule has 0 aromatic heterocycles. The van der Waals surface area contributed by atoms with Gasteiger partial charge in [-0.15, -0.1) is 0 Å². The molecule has 1 aliphatic rings. The molecule has 2 rings (SSSR count). The normalized spacial score (nSPS) is 20.1. The molecule has 0 aliphatic carbocycles. The standard InChI is InChI=1S/C16H18F3NO3/c17-16(18,19)12(11-6-2-1-3-7-11)10-14(21)20-9-5-4-8-13(20)15(22)23/h1-3,6-7,12-13H,4-5,8-10H2,(H,22,23)/t12-,13-/m1/s1. The van der Waals surface area contributed by atoms with Crippen LogP contribution >= 0.6 is 0 Å². The van der Waals surface area contributed by atoms with Gasteiger partial charge in [0.1, 0.15) is 6.04 Å². The van der Waals surface area contributed by atoms with E-state index in [0.717, 1.165) is 4.90 Å². The van der Waals surface area contributed by atoms with Crippen molar-refractivity contribution in [1.82, 2.24) is 4.90 Å². The summed E-state index contributed by atoms with van der Waals surface area (Å²) >= 11 is 0. The molecule has 126 valence electrons. The highest BCUT2D eigenvalue weighted by atomic mass is 19.4. The third kappa shape index (κ3) is 4.24. The largest absolute Gasteiger partial charge is 0.480 e. The minimum atomic E-state index is -4.56. The molecule has 1 aromatic carbocycles. The maximum atomic E-state index is 13.3. The summed E-state index contributed by atoms with van der Waals surface area (Å²) in [7, 11) is 0. The molecule has 1 fully saturated rings. The molecule has 0 radical (unpaired) electrons. The molecule has 7 heteroatoms. The van der Waals surface area contributed by atoms with Gasteiger partial charge in [0, 0.05) is 13.0 Å². The Kier molecular flexibility index (Phi) is 5.28. The Balaban J connectivity index is 2.19. The van der Waals surface area contributed by atoms with E-state index in [1.807, 2.05) is 0 Å². The Morgan fingerprint density at radius 2 is 1.87 bits per heavy atom. The number of halogens is 3. The lowest BCUT2D eigenvalue weighted by molar-refractivity contribution is -0.164. The zero-order valence-electron chi connectivity index (χ0n) is 12.4. The first kappa shape index (κ1) is 17.3. The summed E-state index contributed by atoms with van der Waals surface area (Å²) in [5.74, 6) is -3.85. The van der Waals surface area contributed by atoms with E-state index in [2.05, 4.69) is 0 Å². The summed E-state index contributed by atoms with van der Waals surface area (Å²) in [6.45, 7) is 0.190. The Bertz CT molecular complexity index is 559. The van der Waals surface area contributed by atoms with Crippen molar-refractivity contribution in [3.05, 3.63) is 35.9 Å². The predicted octanol–water partition coefficient (Wildman–Crippen LogP) is 3.19. The molecule has 1 aromatic rings. The van der Waals surface area contributed by atoms with Crippen molar-refractivity contribution in [1.29, 1.82) is 0 Å². The van der Waals surface area contributed by atoms with Crippen molar-refractivity contribution in [3.8, 4) is 0 Å². The van der Waals surface area contributed by atoms with E-state index in [4.69, 9.17) is 5.11 Å². The van der Waals surface area contributed by atoms with Crippen LogP contribution in [0.3, 0.4) is 0 Å². The van der Waals surface area contributed by atoms with Crippen LogP contribution in [0.25, 0.3) is 0 Å². The first-order chi connectivity index (χ1) is 10.8. The van der Waals surface area contributed by atoms with E-state index in [1.54, 1.807) is 6.07 Å². The highest BCUT2D eigenvalue weighted by molar-refractivity contribution is 5.84. The highest BCUT2D eigenvalue weighted by Crippen LogP contribution is 2.38. The fourth-order valence-corrected chi connectivity index (χ4v) is 2.89. The molecule has 4 nitrogen and oxygen atoms in total. The minimum absolute atomic E-state index is 0.0113. The molecule has 1 aliphatic heterocycles. The van der Waals surface area contributed by atoms with E-state index < -0.39 is 36.4 Å². The number of hydrogen-bond donors (Lipinski definition) is 1. The molecular formula is C16H18F3NO3. The van der Waals surface area contributed by atoms with Crippen molar-refractivity contribution in [3.63, 3.8) is 0 Å². The number of carbonyl (C=O) groups is 2. The van der Waals surface area contributed by atoms with Gasteiger partial charge in [0.05, 0.1) is 5.92 Å². The van der Waals surface area contributed by atoms with Crippen molar-refractivity contribution in [2.45, 2.75) is 43.8 Å². The monoisotopic (exact) mass is 329 g/mol. The van der Waals surface area contributed by atoms with Crippen LogP contribution in [0.1, 0.15) is 37.2 Å². The molecule has 1 saturated heterocycles. The van der Waals surface area contributed by atoms with Crippen LogP contribution in [0.4, 0.5) is 13.2 Å². The number of carbonyl (C=O) groups excluding carboxylic acids is 1. The summed E-state index contributed by atoms with van der Waals surface area (Å²) in [5, 5.41) is 9.15. The van der Waals surface area contributed by atoms with Crippen LogP contribution in [0, 0.1) is 0 Å². The topological polar surface area (TPSA) is 57.6 Å². The molecule has 1 N–H and O–H groups in total. The average molecular weight is 329 g/mol. The van der Waals surface area contributed by atoms with Crippen molar-refractivity contribution >= 4 is 11.9 Å². The number of amides is 1. The molecule has 1 amide bonds. The molecule has 0 spiro atoms. The second kappa shape index (κ2) is 7.02. The number of carboxylic acid groups (broad SMARTS) is 1. The van der Waals surface area contributed by atoms with E-state index in [0.29, 0.717) is 12.8 Å². The Morgan fingerprint density at radius 3 is 2.43 bits per heavy atom. The smallest absolute Gasteiger partial charge is 0.396 e. The number of rotatable bonds is 4. The molecule has 0 unspecified atom stereocenters. The number of hydrogen-bond acceptors (Lipinski definition) is 2. The van der Waals surface area contributed by atoms with Gasteiger partial charge in [-0.05, 0) is 24.8 Å². The fraction of sp³-hybridized carbons (Fsp3) is 0.500. The van der Waals surface area contributed by atoms with Crippen molar-refractivity contribution in [2.75, 3.05) is 6.54 Å². The van der Waals surface area contributed by atoms with Gasteiger partial charge < -0.3 is 10.0 Å². The van der Waals surface area contributed by atoms with Crippen LogP contribution in [0.2, 0.25) is 0 Å². The SMILES string of the molecule is O=C(O)[C@H]1CCCCN1C(=O)C[C@H](c1ccccc1)C(F)(F)F. The number of aliphatic carboxylic acids is 1. The molecular weight excluding hydrogens is 311 g/mol. The molecule has 0 bridgehead atoms. The zero-order chi connectivity index (χ0) is 17.0. The number of alkyl halides is 3. The Labute approximate surface area is 131 Å². The van der Waals surface area contributed by atoms with Crippen LogP contribution in [0.15, 0.2) is 30.3 Å². The second-order valence-electron chi connectivity index (χ2n) is 5.65. The van der Waals surface area contributed by atoms with Gasteiger partial charge in [0.25, 0.3) is 0 Å². The van der Waals surface area contributed by atoms with E-state index >= 15 is 0 Å². The maximum absolute atomic E-state index is 13.3. The summed E-state index contributed by atoms with van der Waals surface area (Å²) in [5.41, 5.74) is 0.0113. The number of nitrogens with zero attached hydrogens (tertiary/aromatic N) is 1. The minimum Gasteiger partial charge on any atom is -0.480 e. The first-order valence-corrected chi connectivity index (χ1v) is 7.44. The second-order valence-corrected chi connectivity index (χ2v) is 5.65. The third-order valence-electron chi connectivity index (χ3n) is 4.08. The van der Waals surface area contributed by atoms with E-state index in [9.17, 15) is 22.8 Å². The highest BCUT2D eigenvalue weighted by Gasteiger charge is 2.43. The fourth-order valence-electron chi connectivity index (χ4n) is 2.89. The summed E-state index contributed by atoms with van der Waals surface area (Å²) < 4.78 is 39.9. The van der Waals surface area contributed by atoms with Crippen molar-refractivity contribution < 1.29 is 27.9 Å². The quantitative estimate of drug-likeness (QED) is 0.923. The first-order valence-electron chi connectivity index (χ1n) is 7.44. The summed E-state index contributed by atoms with van der Waals surface area (Å²) in [4.78, 5) is 24.6. The van der Waals surface area contributed by atoms with Gasteiger partial charge in [0.15, 0.2) is 0 Å². The van der Waals surface area contributed by atoms with E-state index in [1.165, 1.54) is 24.3 Å². The van der Waals surface area contributed by atoms with Gasteiger partial charge in [-0.3, -0.25) is 4.79 Å².